The van der Waals surface area contributed by atoms with Crippen molar-refractivity contribution in [3.63, 3.8) is 0 Å². The van der Waals surface area contributed by atoms with Crippen molar-refractivity contribution in [3.8, 4) is 0 Å². The van der Waals surface area contributed by atoms with Gasteiger partial charge in [0.1, 0.15) is 5.78 Å². The van der Waals surface area contributed by atoms with Crippen LogP contribution in [0.1, 0.15) is 146 Å². The van der Waals surface area contributed by atoms with Gasteiger partial charge in [0.25, 0.3) is 0 Å². The molecule has 8 heterocycles. The summed E-state index contributed by atoms with van der Waals surface area (Å²) in [4.78, 5) is 27.7. The summed E-state index contributed by atoms with van der Waals surface area (Å²) in [6, 6.07) is 0. The quantitative estimate of drug-likeness (QED) is 0.200. The van der Waals surface area contributed by atoms with Crippen molar-refractivity contribution in [1.29, 1.82) is 0 Å². The number of hydrogen-bond donors (Lipinski definition) is 0. The van der Waals surface area contributed by atoms with E-state index in [1.807, 2.05) is 6.08 Å². The molecule has 17 atom stereocenters. The summed E-state index contributed by atoms with van der Waals surface area (Å²) in [5.74, 6) is 1.96. The molecule has 8 aliphatic heterocycles. The molecular weight excluding hydrogens is 757 g/mol. The number of Topliss-reactive ketones (excluding diaryl/α,β-unsaturated/α-hetero) is 1. The van der Waals surface area contributed by atoms with Crippen LogP contribution in [0.3, 0.4) is 0 Å². The van der Waals surface area contributed by atoms with E-state index in [2.05, 4.69) is 88.6 Å². The summed E-state index contributed by atoms with van der Waals surface area (Å²) in [6.45, 7) is 33.9. The maximum absolute atomic E-state index is 14.2. The smallest absolute Gasteiger partial charge is 0.193 e. The lowest BCUT2D eigenvalue weighted by atomic mass is 9.76. The van der Waals surface area contributed by atoms with Crippen LogP contribution < -0.4 is 0 Å². The van der Waals surface area contributed by atoms with Gasteiger partial charge >= 0.3 is 0 Å². The maximum atomic E-state index is 14.2. The van der Waals surface area contributed by atoms with Crippen LogP contribution in [0.15, 0.2) is 36.5 Å². The first-order valence-corrected chi connectivity index (χ1v) is 26.7. The predicted octanol–water partition coefficient (Wildman–Crippen LogP) is 10.9. The molecule has 0 aromatic rings. The second-order valence-electron chi connectivity index (χ2n) is 21.7. The third kappa shape index (κ3) is 11.2. The molecule has 5 fully saturated rings. The number of ketones is 2. The fourth-order valence-corrected chi connectivity index (χ4v) is 12.0. The molecule has 8 rings (SSSR count). The molecule has 0 amide bonds. The number of rotatable bonds is 5. The van der Waals surface area contributed by atoms with Crippen molar-refractivity contribution in [2.45, 2.75) is 231 Å². The number of carbonyl (C=O) groups excluding carboxylic acids is 2. The molecule has 9 heteroatoms. The van der Waals surface area contributed by atoms with Gasteiger partial charge in [-0.25, -0.2) is 0 Å². The molecule has 59 heavy (non-hydrogen) atoms. The molecule has 0 N–H and O–H groups in total. The van der Waals surface area contributed by atoms with E-state index >= 15 is 0 Å². The van der Waals surface area contributed by atoms with E-state index in [1.54, 1.807) is 6.08 Å². The lowest BCUT2D eigenvalue weighted by Crippen LogP contribution is -2.58. The van der Waals surface area contributed by atoms with Crippen molar-refractivity contribution >= 4 is 19.9 Å². The summed E-state index contributed by atoms with van der Waals surface area (Å²) in [5.41, 5.74) is 2.26. The second kappa shape index (κ2) is 19.5. The van der Waals surface area contributed by atoms with Crippen LogP contribution in [0.2, 0.25) is 18.1 Å². The second-order valence-corrected chi connectivity index (χ2v) is 26.4. The average Bonchev–Trinajstić information content (AvgIpc) is 3.67. The Labute approximate surface area is 359 Å². The van der Waals surface area contributed by atoms with E-state index in [-0.39, 0.29) is 107 Å². The zero-order valence-electron chi connectivity index (χ0n) is 38.8. The highest BCUT2D eigenvalue weighted by atomic mass is 28.4. The lowest BCUT2D eigenvalue weighted by molar-refractivity contribution is -0.237. The molecule has 5 saturated heterocycles. The minimum absolute atomic E-state index is 0.00479. The number of ether oxygens (including phenoxy) is 5. The first kappa shape index (κ1) is 47.0. The fraction of sp³-hybridized carbons (Fsp3) is 0.840. The summed E-state index contributed by atoms with van der Waals surface area (Å²) >= 11 is 0. The molecule has 2 unspecified atom stereocenters. The van der Waals surface area contributed by atoms with Crippen LogP contribution in [0.5, 0.6) is 0 Å². The van der Waals surface area contributed by atoms with Gasteiger partial charge in [-0.15, -0.1) is 0 Å². The lowest BCUT2D eigenvalue weighted by Gasteiger charge is -2.51. The first-order valence-electron chi connectivity index (χ1n) is 23.8. The Bertz CT molecular complexity index is 1510. The van der Waals surface area contributed by atoms with Crippen molar-refractivity contribution in [3.05, 3.63) is 36.5 Å². The molecule has 0 saturated carbocycles. The van der Waals surface area contributed by atoms with Crippen LogP contribution in [-0.4, -0.2) is 87.0 Å². The van der Waals surface area contributed by atoms with Gasteiger partial charge in [0, 0.05) is 25.7 Å². The highest BCUT2D eigenvalue weighted by molar-refractivity contribution is 6.74. The van der Waals surface area contributed by atoms with E-state index in [0.29, 0.717) is 37.5 Å². The minimum atomic E-state index is -2.23. The molecule has 0 spiro atoms. The van der Waals surface area contributed by atoms with Crippen LogP contribution in [0.25, 0.3) is 0 Å². The minimum Gasteiger partial charge on any atom is -0.408 e. The number of fused-ring (bicyclic) bond motifs is 2. The number of allylic oxidation sites excluding steroid dienone is 1. The average molecular weight is 839 g/mol. The molecule has 8 nitrogen and oxygen atoms in total. The summed E-state index contributed by atoms with van der Waals surface area (Å²) < 4.78 is 41.4. The molecule has 8 aliphatic rings. The van der Waals surface area contributed by atoms with E-state index in [1.165, 1.54) is 0 Å². The van der Waals surface area contributed by atoms with Crippen LogP contribution in [0.4, 0.5) is 0 Å². The van der Waals surface area contributed by atoms with E-state index < -0.39 is 8.32 Å². The summed E-state index contributed by atoms with van der Waals surface area (Å²) in [6.07, 6.45) is 12.8. The van der Waals surface area contributed by atoms with Gasteiger partial charge in [0.15, 0.2) is 14.1 Å². The largest absolute Gasteiger partial charge is 0.408 e. The van der Waals surface area contributed by atoms with Gasteiger partial charge in [0.05, 0.1) is 67.1 Å². The Balaban J connectivity index is 1.25. The Morgan fingerprint density at radius 1 is 0.780 bits per heavy atom. The Kier molecular flexibility index (Phi) is 15.6. The van der Waals surface area contributed by atoms with Gasteiger partial charge in [0.2, 0.25) is 0 Å². The zero-order valence-corrected chi connectivity index (χ0v) is 39.8. The highest BCUT2D eigenvalue weighted by Crippen LogP contribution is 2.46. The molecule has 334 valence electrons. The Morgan fingerprint density at radius 3 is 2.17 bits per heavy atom. The highest BCUT2D eigenvalue weighted by Gasteiger charge is 2.50. The molecule has 8 bridgehead atoms. The predicted molar refractivity (Wildman–Crippen MR) is 238 cm³/mol. The molecular formula is C50H82O8Si. The van der Waals surface area contributed by atoms with E-state index in [0.717, 1.165) is 68.9 Å². The molecule has 0 aliphatic carbocycles. The van der Waals surface area contributed by atoms with Gasteiger partial charge in [-0.1, -0.05) is 88.0 Å². The monoisotopic (exact) mass is 839 g/mol. The normalized spacial score (nSPS) is 43.2. The SMILES string of the molecule is C=C1C[C@@H]2CCC(=O)/C=C/[C@H](O[Si](C)(C)C(C)(C)C)[C@@H]3O[C@H]4CCC(CC(=O)C[C@@H]5[C@@H](C)[C@@H](C[C@H](C)CC)O[C@H]5C[C@H]5OC(CC[C@@H]1O2)C[C@@H](C)C5=C)O[C@@H]4[C@H](C)[C@@H]3C. The number of hydrogen-bond acceptors (Lipinski definition) is 8. The summed E-state index contributed by atoms with van der Waals surface area (Å²) in [5, 5.41) is -0.00479. The zero-order chi connectivity index (χ0) is 43.0. The van der Waals surface area contributed by atoms with Crippen molar-refractivity contribution in [2.75, 3.05) is 0 Å². The van der Waals surface area contributed by atoms with Gasteiger partial charge in [-0.05, 0) is 122 Å². The fourth-order valence-electron chi connectivity index (χ4n) is 10.7. The third-order valence-corrected chi connectivity index (χ3v) is 20.8. The Morgan fingerprint density at radius 2 is 1.46 bits per heavy atom. The molecule has 0 aromatic carbocycles. The van der Waals surface area contributed by atoms with E-state index in [9.17, 15) is 9.59 Å². The van der Waals surface area contributed by atoms with Gasteiger partial charge in [-0.2, -0.15) is 0 Å². The molecule has 0 radical (unpaired) electrons. The first-order chi connectivity index (χ1) is 27.7. The van der Waals surface area contributed by atoms with E-state index in [4.69, 9.17) is 28.1 Å². The van der Waals surface area contributed by atoms with Crippen LogP contribution in [-0.2, 0) is 37.7 Å². The summed E-state index contributed by atoms with van der Waals surface area (Å²) in [7, 11) is -2.23. The Hall–Kier alpha value is -1.46. The third-order valence-electron chi connectivity index (χ3n) is 16.3. The van der Waals surface area contributed by atoms with Crippen LogP contribution in [0, 0.1) is 35.5 Å². The van der Waals surface area contributed by atoms with Crippen molar-refractivity contribution in [1.82, 2.24) is 0 Å². The molecule has 0 aromatic heterocycles. The van der Waals surface area contributed by atoms with Gasteiger partial charge < -0.3 is 28.1 Å². The van der Waals surface area contributed by atoms with Crippen molar-refractivity contribution < 1.29 is 37.7 Å². The van der Waals surface area contributed by atoms with Crippen molar-refractivity contribution in [2.24, 2.45) is 35.5 Å². The van der Waals surface area contributed by atoms with Crippen LogP contribution >= 0.6 is 0 Å². The maximum Gasteiger partial charge on any atom is 0.193 e. The standard InChI is InChI=1S/C50H82O8Si/c1-14-29(2)23-45-35(8)41-27-37(52)26-40-19-22-43-48(55-40)33(6)34(7)49(57-43)44(58-59(12,13)50(9,10)11)20-16-36(51)15-17-38-25-31(4)42(53-38)21-18-39-24-30(3)32(5)46(54-39)28-47(41)56-45/h16,20,29-30,33-35,38-49H,4-5,14-15,17-19,21-28H2,1-3,6-13H3/b20-16+/t29-,30-,33-,34+,35-,38+,39?,40?,41-,42+,43+,44+,45-,46-,47+,48-,49-/m1/s1. The number of carbonyl (C=O) groups is 2. The van der Waals surface area contributed by atoms with Gasteiger partial charge in [-0.3, -0.25) is 9.59 Å². The topological polar surface area (TPSA) is 89.5 Å².